The van der Waals surface area contributed by atoms with Crippen molar-refractivity contribution in [2.45, 2.75) is 69.7 Å². The van der Waals surface area contributed by atoms with Crippen molar-refractivity contribution in [2.75, 3.05) is 19.0 Å². The molecule has 3 N–H and O–H groups in total. The zero-order valence-corrected chi connectivity index (χ0v) is 20.9. The number of aliphatic hydroxyl groups is 1. The van der Waals surface area contributed by atoms with Gasteiger partial charge in [-0.25, -0.2) is 0 Å². The molecule has 3 aliphatic rings. The maximum atomic E-state index is 14.0. The molecular weight excluding hydrogens is 458 g/mol. The maximum Gasteiger partial charge on any atom is 0.250 e. The van der Waals surface area contributed by atoms with Crippen LogP contribution in [0, 0.1) is 17.8 Å². The van der Waals surface area contributed by atoms with Crippen molar-refractivity contribution < 1.29 is 24.2 Å². The Labute approximate surface area is 205 Å². The number of hydrogen-bond acceptors (Lipinski definition) is 5. The molecule has 1 spiro atoms. The SMILES string of the molecule is CC[C@]12CCC3(O1)C(C(=O)Nc1ccccc1Cl)N([C@@H](CO)CC(C)C)C(=O)[C@@H]3[C@H]2C(=O)NC. The number of para-hydroxylation sites is 1. The smallest absolute Gasteiger partial charge is 0.250 e. The van der Waals surface area contributed by atoms with Crippen LogP contribution in [0.2, 0.25) is 5.02 Å². The number of carbonyl (C=O) groups excluding carboxylic acids is 3. The summed E-state index contributed by atoms with van der Waals surface area (Å²) in [5.74, 6) is -2.27. The fraction of sp³-hybridized carbons (Fsp3) is 0.640. The maximum absolute atomic E-state index is 14.0. The van der Waals surface area contributed by atoms with E-state index in [1.165, 1.54) is 4.90 Å². The van der Waals surface area contributed by atoms with E-state index in [4.69, 9.17) is 16.3 Å². The van der Waals surface area contributed by atoms with Gasteiger partial charge in [0.05, 0.1) is 40.8 Å². The van der Waals surface area contributed by atoms with E-state index in [2.05, 4.69) is 10.6 Å². The van der Waals surface area contributed by atoms with Gasteiger partial charge in [-0.3, -0.25) is 14.4 Å². The van der Waals surface area contributed by atoms with E-state index >= 15 is 0 Å². The molecule has 0 radical (unpaired) electrons. The first-order valence-corrected chi connectivity index (χ1v) is 12.4. The second kappa shape index (κ2) is 9.13. The highest BCUT2D eigenvalue weighted by atomic mass is 35.5. The first kappa shape index (κ1) is 24.9. The molecular formula is C25H34ClN3O5. The Morgan fingerprint density at radius 3 is 2.56 bits per heavy atom. The summed E-state index contributed by atoms with van der Waals surface area (Å²) >= 11 is 6.30. The molecule has 3 fully saturated rings. The lowest BCUT2D eigenvalue weighted by Crippen LogP contribution is -2.56. The molecule has 4 rings (SSSR count). The Kier molecular flexibility index (Phi) is 6.70. The van der Waals surface area contributed by atoms with Gasteiger partial charge in [-0.2, -0.15) is 0 Å². The summed E-state index contributed by atoms with van der Waals surface area (Å²) < 4.78 is 6.66. The number of halogens is 1. The van der Waals surface area contributed by atoms with E-state index in [0.29, 0.717) is 36.4 Å². The highest BCUT2D eigenvalue weighted by Crippen LogP contribution is 2.64. The summed E-state index contributed by atoms with van der Waals surface area (Å²) in [7, 11) is 1.55. The number of nitrogens with zero attached hydrogens (tertiary/aromatic N) is 1. The standard InChI is InChI=1S/C25H34ClN3O5/c1-5-24-10-11-25(34-24)19(18(24)21(31)27-4)23(33)29(15(13-30)12-14(2)3)20(25)22(32)28-17-9-7-6-8-16(17)26/h6-9,14-15,18-20,30H,5,10-13H2,1-4H3,(H,27,31)(H,28,32)/t15-,18+,19+,20?,24-,25?/m1/s1. The second-order valence-corrected chi connectivity index (χ2v) is 10.5. The molecule has 1 aromatic rings. The van der Waals surface area contributed by atoms with Gasteiger partial charge in [-0.15, -0.1) is 0 Å². The number of hydrogen-bond donors (Lipinski definition) is 3. The highest BCUT2D eigenvalue weighted by Gasteiger charge is 2.79. The number of amides is 3. The number of aliphatic hydroxyl groups excluding tert-OH is 1. The van der Waals surface area contributed by atoms with Gasteiger partial charge in [-0.05, 0) is 43.7 Å². The Bertz CT molecular complexity index is 987. The van der Waals surface area contributed by atoms with Crippen molar-refractivity contribution in [3.63, 3.8) is 0 Å². The number of ether oxygens (including phenoxy) is 1. The lowest BCUT2D eigenvalue weighted by atomic mass is 9.65. The van der Waals surface area contributed by atoms with Crippen molar-refractivity contribution in [3.05, 3.63) is 29.3 Å². The van der Waals surface area contributed by atoms with Crippen LogP contribution >= 0.6 is 11.6 Å². The van der Waals surface area contributed by atoms with Gasteiger partial charge in [0, 0.05) is 7.05 Å². The van der Waals surface area contributed by atoms with E-state index in [9.17, 15) is 19.5 Å². The molecule has 0 saturated carbocycles. The fourth-order valence-electron chi connectivity index (χ4n) is 6.49. The number of carbonyl (C=O) groups is 3. The molecule has 2 unspecified atom stereocenters. The van der Waals surface area contributed by atoms with Crippen molar-refractivity contribution in [1.29, 1.82) is 0 Å². The summed E-state index contributed by atoms with van der Waals surface area (Å²) in [5.41, 5.74) is -1.49. The van der Waals surface area contributed by atoms with Gasteiger partial charge >= 0.3 is 0 Å². The Morgan fingerprint density at radius 1 is 1.26 bits per heavy atom. The van der Waals surface area contributed by atoms with Crippen molar-refractivity contribution in [1.82, 2.24) is 10.2 Å². The van der Waals surface area contributed by atoms with Crippen LogP contribution < -0.4 is 10.6 Å². The zero-order chi connectivity index (χ0) is 24.8. The number of likely N-dealkylation sites (tertiary alicyclic amines) is 1. The van der Waals surface area contributed by atoms with Crippen LogP contribution in [-0.2, 0) is 19.1 Å². The molecule has 3 saturated heterocycles. The molecule has 2 bridgehead atoms. The summed E-state index contributed by atoms with van der Waals surface area (Å²) in [6, 6.07) is 5.35. The average molecular weight is 492 g/mol. The summed E-state index contributed by atoms with van der Waals surface area (Å²) in [6.07, 6.45) is 2.15. The highest BCUT2D eigenvalue weighted by molar-refractivity contribution is 6.33. The average Bonchev–Trinajstić information content (AvgIpc) is 3.42. The Hall–Kier alpha value is -2.16. The molecule has 3 heterocycles. The van der Waals surface area contributed by atoms with Gasteiger partial charge in [0.25, 0.3) is 0 Å². The minimum atomic E-state index is -1.14. The van der Waals surface area contributed by atoms with Gasteiger partial charge in [0.15, 0.2) is 0 Å². The molecule has 9 heteroatoms. The number of nitrogens with one attached hydrogen (secondary N) is 2. The van der Waals surface area contributed by atoms with Crippen LogP contribution in [0.1, 0.15) is 46.5 Å². The third kappa shape index (κ3) is 3.62. The monoisotopic (exact) mass is 491 g/mol. The van der Waals surface area contributed by atoms with Crippen LogP contribution in [0.25, 0.3) is 0 Å². The molecule has 186 valence electrons. The van der Waals surface area contributed by atoms with Crippen molar-refractivity contribution in [2.24, 2.45) is 17.8 Å². The summed E-state index contributed by atoms with van der Waals surface area (Å²) in [5, 5.41) is 16.2. The Balaban J connectivity index is 1.81. The summed E-state index contributed by atoms with van der Waals surface area (Å²) in [6.45, 7) is 5.67. The van der Waals surface area contributed by atoms with E-state index in [1.807, 2.05) is 20.8 Å². The second-order valence-electron chi connectivity index (χ2n) is 10.1. The molecule has 8 nitrogen and oxygen atoms in total. The third-order valence-electron chi connectivity index (χ3n) is 7.88. The minimum Gasteiger partial charge on any atom is -0.394 e. The van der Waals surface area contributed by atoms with Crippen LogP contribution in [-0.4, -0.2) is 64.7 Å². The van der Waals surface area contributed by atoms with Gasteiger partial charge in [-0.1, -0.05) is 44.5 Å². The lowest BCUT2D eigenvalue weighted by molar-refractivity contribution is -0.149. The van der Waals surface area contributed by atoms with Crippen LogP contribution in [0.15, 0.2) is 24.3 Å². The number of fused-ring (bicyclic) bond motifs is 1. The van der Waals surface area contributed by atoms with Crippen LogP contribution in [0.4, 0.5) is 5.69 Å². The van der Waals surface area contributed by atoms with E-state index < -0.39 is 41.0 Å². The topological polar surface area (TPSA) is 108 Å². The molecule has 3 amide bonds. The van der Waals surface area contributed by atoms with E-state index in [1.54, 1.807) is 31.3 Å². The van der Waals surface area contributed by atoms with Gasteiger partial charge in [0.2, 0.25) is 17.7 Å². The molecule has 0 aliphatic carbocycles. The first-order valence-electron chi connectivity index (χ1n) is 12.1. The normalized spacial score (nSPS) is 32.7. The molecule has 1 aromatic carbocycles. The number of rotatable bonds is 8. The van der Waals surface area contributed by atoms with Gasteiger partial charge < -0.3 is 25.4 Å². The third-order valence-corrected chi connectivity index (χ3v) is 8.20. The van der Waals surface area contributed by atoms with E-state index in [-0.39, 0.29) is 24.3 Å². The van der Waals surface area contributed by atoms with Crippen LogP contribution in [0.5, 0.6) is 0 Å². The summed E-state index contributed by atoms with van der Waals surface area (Å²) in [4.78, 5) is 42.5. The first-order chi connectivity index (χ1) is 16.2. The predicted molar refractivity (Wildman–Crippen MR) is 128 cm³/mol. The molecule has 0 aromatic heterocycles. The van der Waals surface area contributed by atoms with Crippen LogP contribution in [0.3, 0.4) is 0 Å². The van der Waals surface area contributed by atoms with E-state index in [0.717, 1.165) is 0 Å². The molecule has 3 aliphatic heterocycles. The number of anilines is 1. The fourth-order valence-corrected chi connectivity index (χ4v) is 6.67. The van der Waals surface area contributed by atoms with Gasteiger partial charge in [0.1, 0.15) is 11.6 Å². The van der Waals surface area contributed by atoms with Crippen molar-refractivity contribution >= 4 is 35.0 Å². The van der Waals surface area contributed by atoms with Crippen molar-refractivity contribution in [3.8, 4) is 0 Å². The quantitative estimate of drug-likeness (QED) is 0.518. The largest absolute Gasteiger partial charge is 0.394 e. The molecule has 34 heavy (non-hydrogen) atoms. The lowest BCUT2D eigenvalue weighted by Gasteiger charge is -2.37. The zero-order valence-electron chi connectivity index (χ0n) is 20.1. The predicted octanol–water partition coefficient (Wildman–Crippen LogP) is 2.59. The number of benzene rings is 1. The Morgan fingerprint density at radius 2 is 1.97 bits per heavy atom. The molecule has 6 atom stereocenters. The minimum absolute atomic E-state index is 0.184.